The Morgan fingerprint density at radius 2 is 1.74 bits per heavy atom. The molecule has 0 fully saturated rings. The number of anilines is 1. The molecule has 5 aromatic rings. The minimum atomic E-state index is -0.0870. The van der Waals surface area contributed by atoms with Gasteiger partial charge in [0.05, 0.1) is 5.56 Å². The third-order valence-corrected chi connectivity index (χ3v) is 9.52. The van der Waals surface area contributed by atoms with Crippen molar-refractivity contribution >= 4 is 56.5 Å². The molecular formula is C37H35ClN2O2S. The fourth-order valence-corrected chi connectivity index (χ4v) is 7.04. The van der Waals surface area contributed by atoms with Gasteiger partial charge in [0.1, 0.15) is 17.4 Å². The van der Waals surface area contributed by atoms with Crippen molar-refractivity contribution in [2.24, 2.45) is 4.99 Å². The lowest BCUT2D eigenvalue weighted by atomic mass is 9.96. The van der Waals surface area contributed by atoms with Gasteiger partial charge in [-0.3, -0.25) is 4.79 Å². The van der Waals surface area contributed by atoms with Gasteiger partial charge in [-0.25, -0.2) is 4.99 Å². The number of aryl methyl sites for hydroxylation is 3. The van der Waals surface area contributed by atoms with Crippen LogP contribution in [0.3, 0.4) is 0 Å². The number of hydrogen-bond donors (Lipinski definition) is 1. The molecule has 1 N–H and O–H groups in total. The summed E-state index contributed by atoms with van der Waals surface area (Å²) in [5.74, 6) is 0.657. The Labute approximate surface area is 262 Å². The summed E-state index contributed by atoms with van der Waals surface area (Å²) >= 11 is 7.74. The van der Waals surface area contributed by atoms with E-state index in [2.05, 4.69) is 29.6 Å². The molecule has 1 amide bonds. The van der Waals surface area contributed by atoms with Crippen LogP contribution < -0.4 is 10.1 Å². The molecule has 0 aliphatic heterocycles. The van der Waals surface area contributed by atoms with Gasteiger partial charge in [-0.05, 0) is 96.8 Å². The molecule has 4 aromatic carbocycles. The number of rotatable bonds is 7. The van der Waals surface area contributed by atoms with Gasteiger partial charge in [0.2, 0.25) is 0 Å². The van der Waals surface area contributed by atoms with Crippen LogP contribution >= 0.6 is 22.9 Å². The molecule has 0 saturated carbocycles. The van der Waals surface area contributed by atoms with E-state index in [4.69, 9.17) is 21.3 Å². The maximum atomic E-state index is 14.0. The zero-order valence-corrected chi connectivity index (χ0v) is 26.2. The Kier molecular flexibility index (Phi) is 8.92. The van der Waals surface area contributed by atoms with Crippen LogP contribution in [0.1, 0.15) is 68.7 Å². The third kappa shape index (κ3) is 6.69. The Hall–Kier alpha value is -3.93. The second-order valence-electron chi connectivity index (χ2n) is 11.2. The number of nitrogens with one attached hydrogen (secondary N) is 1. The van der Waals surface area contributed by atoms with Crippen molar-refractivity contribution in [2.45, 2.75) is 59.0 Å². The topological polar surface area (TPSA) is 50.7 Å². The number of benzene rings is 4. The fraction of sp³-hybridized carbons (Fsp3) is 0.243. The number of nitrogens with zero attached hydrogens (tertiary/aromatic N) is 1. The highest BCUT2D eigenvalue weighted by Crippen LogP contribution is 2.40. The lowest BCUT2D eigenvalue weighted by Crippen LogP contribution is -2.15. The molecule has 0 atom stereocenters. The van der Waals surface area contributed by atoms with Gasteiger partial charge in [0.25, 0.3) is 5.91 Å². The van der Waals surface area contributed by atoms with E-state index >= 15 is 0 Å². The number of thiophene rings is 1. The molecule has 218 valence electrons. The minimum Gasteiger partial charge on any atom is -0.488 e. The van der Waals surface area contributed by atoms with E-state index in [1.165, 1.54) is 17.7 Å². The summed E-state index contributed by atoms with van der Waals surface area (Å²) in [6.45, 7) is 4.48. The predicted molar refractivity (Wildman–Crippen MR) is 181 cm³/mol. The molecule has 1 heterocycles. The van der Waals surface area contributed by atoms with Gasteiger partial charge in [0.15, 0.2) is 0 Å². The van der Waals surface area contributed by atoms with E-state index in [0.29, 0.717) is 17.2 Å². The SMILES string of the molecule is Cc1ccc(C)c(NC(=O)c2c(N=Cc3c(OCc4ccc(Cl)cc4)ccc4ccccc34)sc3c2CCCCCC3)c1. The van der Waals surface area contributed by atoms with Crippen LogP contribution in [0.5, 0.6) is 5.75 Å². The number of hydrogen-bond acceptors (Lipinski definition) is 4. The van der Waals surface area contributed by atoms with E-state index in [-0.39, 0.29) is 5.91 Å². The Morgan fingerprint density at radius 1 is 0.953 bits per heavy atom. The van der Waals surface area contributed by atoms with E-state index in [1.54, 1.807) is 11.3 Å². The molecule has 6 heteroatoms. The van der Waals surface area contributed by atoms with Crippen LogP contribution in [0.25, 0.3) is 10.8 Å². The van der Waals surface area contributed by atoms with E-state index < -0.39 is 0 Å². The van der Waals surface area contributed by atoms with Crippen LogP contribution in [-0.4, -0.2) is 12.1 Å². The van der Waals surface area contributed by atoms with Gasteiger partial charge < -0.3 is 10.1 Å². The number of amides is 1. The first-order chi connectivity index (χ1) is 21.0. The average molecular weight is 607 g/mol. The summed E-state index contributed by atoms with van der Waals surface area (Å²) in [5.41, 5.74) is 6.80. The summed E-state index contributed by atoms with van der Waals surface area (Å²) in [6.07, 6.45) is 8.42. The first-order valence-electron chi connectivity index (χ1n) is 14.9. The van der Waals surface area contributed by atoms with Crippen LogP contribution in [0.4, 0.5) is 10.7 Å². The minimum absolute atomic E-state index is 0.0870. The number of fused-ring (bicyclic) bond motifs is 2. The monoisotopic (exact) mass is 606 g/mol. The molecule has 4 nitrogen and oxygen atoms in total. The number of carbonyl (C=O) groups excluding carboxylic acids is 1. The van der Waals surface area contributed by atoms with Crippen molar-refractivity contribution in [1.82, 2.24) is 0 Å². The maximum Gasteiger partial charge on any atom is 0.259 e. The highest BCUT2D eigenvalue weighted by molar-refractivity contribution is 7.16. The molecule has 0 bridgehead atoms. The predicted octanol–water partition coefficient (Wildman–Crippen LogP) is 10.4. The van der Waals surface area contributed by atoms with E-state index in [1.807, 2.05) is 74.7 Å². The van der Waals surface area contributed by atoms with E-state index in [0.717, 1.165) is 80.7 Å². The fourth-order valence-electron chi connectivity index (χ4n) is 5.68. The number of carbonyl (C=O) groups is 1. The molecule has 1 aliphatic rings. The molecule has 0 unspecified atom stereocenters. The van der Waals surface area contributed by atoms with Crippen molar-refractivity contribution < 1.29 is 9.53 Å². The molecule has 6 rings (SSSR count). The van der Waals surface area contributed by atoms with Crippen LogP contribution in [0.15, 0.2) is 83.9 Å². The molecule has 0 saturated heterocycles. The van der Waals surface area contributed by atoms with Gasteiger partial charge in [-0.1, -0.05) is 79.0 Å². The second kappa shape index (κ2) is 13.2. The van der Waals surface area contributed by atoms with E-state index in [9.17, 15) is 4.79 Å². The van der Waals surface area contributed by atoms with Gasteiger partial charge in [-0.2, -0.15) is 0 Å². The quantitative estimate of drug-likeness (QED) is 0.187. The molecular weight excluding hydrogens is 572 g/mol. The number of halogens is 1. The number of aliphatic imine (C=N–C) groups is 1. The zero-order chi connectivity index (χ0) is 29.8. The van der Waals surface area contributed by atoms with Crippen LogP contribution in [0.2, 0.25) is 5.02 Å². The molecule has 43 heavy (non-hydrogen) atoms. The van der Waals surface area contributed by atoms with Crippen LogP contribution in [0, 0.1) is 13.8 Å². The zero-order valence-electron chi connectivity index (χ0n) is 24.6. The van der Waals surface area contributed by atoms with Crippen molar-refractivity contribution in [1.29, 1.82) is 0 Å². The smallest absolute Gasteiger partial charge is 0.259 e. The van der Waals surface area contributed by atoms with Crippen molar-refractivity contribution in [2.75, 3.05) is 5.32 Å². The highest BCUT2D eigenvalue weighted by Gasteiger charge is 2.25. The first kappa shape index (κ1) is 29.2. The third-order valence-electron chi connectivity index (χ3n) is 8.07. The standard InChI is InChI=1S/C37H35ClN2O2S/c1-24-13-14-25(2)32(21-24)40-36(41)35-30-11-5-3-4-6-12-34(30)43-37(35)39-22-31-29-10-8-7-9-27(29)17-20-33(31)42-23-26-15-18-28(38)19-16-26/h7-10,13-22H,3-6,11-12,23H2,1-2H3,(H,40,41). The number of ether oxygens (including phenoxy) is 1. The maximum absolute atomic E-state index is 14.0. The molecule has 0 spiro atoms. The average Bonchev–Trinajstić information content (AvgIpc) is 3.33. The lowest BCUT2D eigenvalue weighted by molar-refractivity contribution is 0.102. The summed E-state index contributed by atoms with van der Waals surface area (Å²) in [6, 6.07) is 26.2. The van der Waals surface area contributed by atoms with Crippen LogP contribution in [-0.2, 0) is 19.4 Å². The summed E-state index contributed by atoms with van der Waals surface area (Å²) in [4.78, 5) is 20.3. The van der Waals surface area contributed by atoms with Crippen molar-refractivity contribution in [3.8, 4) is 5.75 Å². The molecule has 1 aromatic heterocycles. The Bertz CT molecular complexity index is 1810. The second-order valence-corrected chi connectivity index (χ2v) is 12.8. The summed E-state index contributed by atoms with van der Waals surface area (Å²) < 4.78 is 6.34. The first-order valence-corrected chi connectivity index (χ1v) is 16.1. The van der Waals surface area contributed by atoms with Gasteiger partial charge in [-0.15, -0.1) is 11.3 Å². The van der Waals surface area contributed by atoms with Crippen molar-refractivity contribution in [3.63, 3.8) is 0 Å². The highest BCUT2D eigenvalue weighted by atomic mass is 35.5. The lowest BCUT2D eigenvalue weighted by Gasteiger charge is -2.13. The summed E-state index contributed by atoms with van der Waals surface area (Å²) in [7, 11) is 0. The largest absolute Gasteiger partial charge is 0.488 e. The summed E-state index contributed by atoms with van der Waals surface area (Å²) in [5, 5.41) is 6.83. The van der Waals surface area contributed by atoms with Crippen molar-refractivity contribution in [3.05, 3.63) is 122 Å². The Balaban J connectivity index is 1.40. The Morgan fingerprint density at radius 3 is 2.58 bits per heavy atom. The molecule has 0 radical (unpaired) electrons. The van der Waals surface area contributed by atoms with Gasteiger partial charge >= 0.3 is 0 Å². The van der Waals surface area contributed by atoms with Gasteiger partial charge in [0, 0.05) is 27.4 Å². The molecule has 1 aliphatic carbocycles. The normalized spacial score (nSPS) is 13.5.